The zero-order chi connectivity index (χ0) is 16.2. The van der Waals surface area contributed by atoms with Crippen molar-refractivity contribution in [2.45, 2.75) is 6.92 Å². The first-order valence-electron chi connectivity index (χ1n) is 7.10. The molecule has 4 nitrogen and oxygen atoms in total. The molecule has 0 fully saturated rings. The number of halogens is 1. The first-order chi connectivity index (χ1) is 11.2. The number of hydrogen-bond donors (Lipinski definition) is 0. The Kier molecular flexibility index (Phi) is 4.07. The molecule has 0 bridgehead atoms. The number of furan rings is 1. The van der Waals surface area contributed by atoms with Crippen LogP contribution in [0.5, 0.6) is 5.88 Å². The lowest BCUT2D eigenvalue weighted by atomic mass is 10.0. The minimum absolute atomic E-state index is 0.239. The minimum atomic E-state index is -0.321. The standard InChI is InChI=1S/C18H13FN2O2/c1-2-22-18-15(11-20)14(17-4-3-9-23-17)10-16(21-18)12-5-7-13(19)8-6-12/h3-10H,2H2,1H3. The second-order valence-electron chi connectivity index (χ2n) is 4.76. The number of rotatable bonds is 4. The van der Waals surface area contributed by atoms with Crippen molar-refractivity contribution in [2.75, 3.05) is 6.61 Å². The van der Waals surface area contributed by atoms with Crippen LogP contribution in [0.1, 0.15) is 12.5 Å². The number of benzene rings is 1. The third-order valence-electron chi connectivity index (χ3n) is 3.31. The predicted molar refractivity (Wildman–Crippen MR) is 83.2 cm³/mol. The summed E-state index contributed by atoms with van der Waals surface area (Å²) in [5, 5.41) is 9.46. The van der Waals surface area contributed by atoms with E-state index in [1.54, 1.807) is 30.3 Å². The van der Waals surface area contributed by atoms with Gasteiger partial charge in [0.25, 0.3) is 0 Å². The molecule has 0 amide bonds. The van der Waals surface area contributed by atoms with Gasteiger partial charge in [0.05, 0.1) is 18.6 Å². The fourth-order valence-electron chi connectivity index (χ4n) is 2.27. The van der Waals surface area contributed by atoms with E-state index in [-0.39, 0.29) is 11.7 Å². The molecule has 0 radical (unpaired) electrons. The Labute approximate surface area is 132 Å². The van der Waals surface area contributed by atoms with Gasteiger partial charge in [0.1, 0.15) is 23.2 Å². The molecule has 0 saturated heterocycles. The molecule has 5 heteroatoms. The molecule has 2 aromatic heterocycles. The van der Waals surface area contributed by atoms with Crippen LogP contribution >= 0.6 is 0 Å². The first-order valence-corrected chi connectivity index (χ1v) is 7.10. The van der Waals surface area contributed by atoms with Crippen molar-refractivity contribution in [2.24, 2.45) is 0 Å². The van der Waals surface area contributed by atoms with E-state index in [0.29, 0.717) is 29.2 Å². The summed E-state index contributed by atoms with van der Waals surface area (Å²) in [5.74, 6) is 0.468. The summed E-state index contributed by atoms with van der Waals surface area (Å²) in [6.45, 7) is 2.20. The lowest BCUT2D eigenvalue weighted by Crippen LogP contribution is -2.01. The molecule has 114 valence electrons. The van der Waals surface area contributed by atoms with Crippen LogP contribution in [-0.2, 0) is 0 Å². The second kappa shape index (κ2) is 6.32. The molecule has 2 heterocycles. The van der Waals surface area contributed by atoms with E-state index in [1.807, 2.05) is 6.92 Å². The van der Waals surface area contributed by atoms with E-state index in [9.17, 15) is 9.65 Å². The molecule has 0 spiro atoms. The molecule has 0 unspecified atom stereocenters. The van der Waals surface area contributed by atoms with Crippen LogP contribution in [-0.4, -0.2) is 11.6 Å². The first kappa shape index (κ1) is 14.8. The van der Waals surface area contributed by atoms with E-state index in [0.717, 1.165) is 5.56 Å². The van der Waals surface area contributed by atoms with E-state index >= 15 is 0 Å². The van der Waals surface area contributed by atoms with Gasteiger partial charge < -0.3 is 9.15 Å². The quantitative estimate of drug-likeness (QED) is 0.716. The van der Waals surface area contributed by atoms with Gasteiger partial charge in [-0.05, 0) is 49.4 Å². The van der Waals surface area contributed by atoms with E-state index < -0.39 is 0 Å². The lowest BCUT2D eigenvalue weighted by Gasteiger charge is -2.11. The SMILES string of the molecule is CCOc1nc(-c2ccc(F)cc2)cc(-c2ccco2)c1C#N. The highest BCUT2D eigenvalue weighted by Gasteiger charge is 2.17. The number of nitriles is 1. The maximum Gasteiger partial charge on any atom is 0.233 e. The molecular formula is C18H13FN2O2. The largest absolute Gasteiger partial charge is 0.477 e. The topological polar surface area (TPSA) is 59.1 Å². The highest BCUT2D eigenvalue weighted by Crippen LogP contribution is 2.33. The molecule has 23 heavy (non-hydrogen) atoms. The maximum absolute atomic E-state index is 13.1. The predicted octanol–water partition coefficient (Wildman–Crippen LogP) is 4.42. The van der Waals surface area contributed by atoms with Gasteiger partial charge in [-0.3, -0.25) is 0 Å². The van der Waals surface area contributed by atoms with E-state index in [4.69, 9.17) is 9.15 Å². The fraction of sp³-hybridized carbons (Fsp3) is 0.111. The zero-order valence-corrected chi connectivity index (χ0v) is 12.4. The lowest BCUT2D eigenvalue weighted by molar-refractivity contribution is 0.326. The van der Waals surface area contributed by atoms with Gasteiger partial charge in [0.2, 0.25) is 5.88 Å². The summed E-state index contributed by atoms with van der Waals surface area (Å²) in [4.78, 5) is 4.39. The Bertz CT molecular complexity index is 850. The van der Waals surface area contributed by atoms with Crippen LogP contribution in [0.3, 0.4) is 0 Å². The summed E-state index contributed by atoms with van der Waals surface area (Å²) >= 11 is 0. The summed E-state index contributed by atoms with van der Waals surface area (Å²) in [7, 11) is 0. The van der Waals surface area contributed by atoms with Crippen LogP contribution in [0.15, 0.2) is 53.1 Å². The summed E-state index contributed by atoms with van der Waals surface area (Å²) in [6, 6.07) is 13.4. The Morgan fingerprint density at radius 2 is 2.04 bits per heavy atom. The van der Waals surface area contributed by atoms with Crippen LogP contribution in [0.4, 0.5) is 4.39 Å². The van der Waals surface area contributed by atoms with Crippen LogP contribution in [0.2, 0.25) is 0 Å². The highest BCUT2D eigenvalue weighted by atomic mass is 19.1. The van der Waals surface area contributed by atoms with Gasteiger partial charge in [-0.2, -0.15) is 5.26 Å². The molecule has 0 atom stereocenters. The third-order valence-corrected chi connectivity index (χ3v) is 3.31. The monoisotopic (exact) mass is 308 g/mol. The number of ether oxygens (including phenoxy) is 1. The van der Waals surface area contributed by atoms with Crippen LogP contribution in [0, 0.1) is 17.1 Å². The van der Waals surface area contributed by atoms with Crippen LogP contribution in [0.25, 0.3) is 22.6 Å². The van der Waals surface area contributed by atoms with Crippen molar-refractivity contribution >= 4 is 0 Å². The Balaban J connectivity index is 2.22. The van der Waals surface area contributed by atoms with Crippen molar-refractivity contribution in [1.82, 2.24) is 4.98 Å². The Hall–Kier alpha value is -3.13. The molecule has 0 aliphatic carbocycles. The molecule has 0 aliphatic rings. The van der Waals surface area contributed by atoms with Gasteiger partial charge >= 0.3 is 0 Å². The van der Waals surface area contributed by atoms with Gasteiger partial charge in [-0.15, -0.1) is 0 Å². The fourth-order valence-corrected chi connectivity index (χ4v) is 2.27. The van der Waals surface area contributed by atoms with Crippen molar-refractivity contribution in [3.8, 4) is 34.5 Å². The maximum atomic E-state index is 13.1. The minimum Gasteiger partial charge on any atom is -0.477 e. The number of aromatic nitrogens is 1. The van der Waals surface area contributed by atoms with Gasteiger partial charge in [0.15, 0.2) is 0 Å². The van der Waals surface area contributed by atoms with Crippen molar-refractivity contribution in [1.29, 1.82) is 5.26 Å². The third kappa shape index (κ3) is 2.92. The van der Waals surface area contributed by atoms with E-state index in [1.165, 1.54) is 18.4 Å². The zero-order valence-electron chi connectivity index (χ0n) is 12.4. The Morgan fingerprint density at radius 1 is 1.26 bits per heavy atom. The Morgan fingerprint density at radius 3 is 2.65 bits per heavy atom. The molecule has 3 aromatic rings. The van der Waals surface area contributed by atoms with Crippen LogP contribution < -0.4 is 4.74 Å². The van der Waals surface area contributed by atoms with Crippen molar-refractivity contribution in [3.05, 3.63) is 60.1 Å². The van der Waals surface area contributed by atoms with Gasteiger partial charge in [-0.25, -0.2) is 9.37 Å². The van der Waals surface area contributed by atoms with Crippen molar-refractivity contribution < 1.29 is 13.5 Å². The number of nitrogens with zero attached hydrogens (tertiary/aromatic N) is 2. The number of pyridine rings is 1. The smallest absolute Gasteiger partial charge is 0.233 e. The molecule has 0 aliphatic heterocycles. The average molecular weight is 308 g/mol. The normalized spacial score (nSPS) is 10.3. The summed E-state index contributed by atoms with van der Waals surface area (Å²) < 4.78 is 24.0. The molecule has 1 aromatic carbocycles. The number of hydrogen-bond acceptors (Lipinski definition) is 4. The van der Waals surface area contributed by atoms with Gasteiger partial charge in [-0.1, -0.05) is 0 Å². The summed E-state index contributed by atoms with van der Waals surface area (Å²) in [5.41, 5.74) is 2.21. The molecular weight excluding hydrogens is 295 g/mol. The molecule has 0 N–H and O–H groups in total. The summed E-state index contributed by atoms with van der Waals surface area (Å²) in [6.07, 6.45) is 1.54. The average Bonchev–Trinajstić information content (AvgIpc) is 3.09. The molecule has 3 rings (SSSR count). The van der Waals surface area contributed by atoms with Crippen molar-refractivity contribution in [3.63, 3.8) is 0 Å². The van der Waals surface area contributed by atoms with E-state index in [2.05, 4.69) is 11.1 Å². The second-order valence-corrected chi connectivity index (χ2v) is 4.76. The van der Waals surface area contributed by atoms with Gasteiger partial charge in [0, 0.05) is 11.1 Å². The molecule has 0 saturated carbocycles. The highest BCUT2D eigenvalue weighted by molar-refractivity contribution is 5.75.